The van der Waals surface area contributed by atoms with E-state index in [9.17, 15) is 10.2 Å². The summed E-state index contributed by atoms with van der Waals surface area (Å²) in [4.78, 5) is 0. The van der Waals surface area contributed by atoms with Crippen LogP contribution in [0.5, 0.6) is 11.5 Å². The summed E-state index contributed by atoms with van der Waals surface area (Å²) in [5, 5.41) is 19.1. The van der Waals surface area contributed by atoms with Crippen LogP contribution in [0, 0.1) is 0 Å². The summed E-state index contributed by atoms with van der Waals surface area (Å²) in [6, 6.07) is 5.20. The Balaban J connectivity index is 2.62. The van der Waals surface area contributed by atoms with Gasteiger partial charge in [0.2, 0.25) is 0 Å². The lowest BCUT2D eigenvalue weighted by Gasteiger charge is -2.15. The molecule has 1 aromatic carbocycles. The van der Waals surface area contributed by atoms with Crippen LogP contribution in [0.4, 0.5) is 0 Å². The number of benzene rings is 1. The Bertz CT molecular complexity index is 378. The summed E-state index contributed by atoms with van der Waals surface area (Å²) in [7, 11) is 1.53. The first kappa shape index (κ1) is 15.8. The number of hydrogen-bond acceptors (Lipinski definition) is 5. The van der Waals surface area contributed by atoms with Gasteiger partial charge in [-0.15, -0.1) is 0 Å². The van der Waals surface area contributed by atoms with Gasteiger partial charge in [0.25, 0.3) is 0 Å². The number of aliphatic hydroxyl groups is 2. The highest BCUT2D eigenvalue weighted by atomic mass is 16.5. The molecule has 2 N–H and O–H groups in total. The first-order valence-corrected chi connectivity index (χ1v) is 6.33. The summed E-state index contributed by atoms with van der Waals surface area (Å²) >= 11 is 0. The molecule has 0 fully saturated rings. The lowest BCUT2D eigenvalue weighted by atomic mass is 10.1. The molecule has 1 aromatic rings. The molecule has 0 aliphatic rings. The zero-order valence-corrected chi connectivity index (χ0v) is 11.6. The molecular weight excluding hydrogens is 248 g/mol. The van der Waals surface area contributed by atoms with Gasteiger partial charge in [0, 0.05) is 6.61 Å². The van der Waals surface area contributed by atoms with Gasteiger partial charge >= 0.3 is 0 Å². The fraction of sp³-hybridized carbons (Fsp3) is 0.571. The average molecular weight is 270 g/mol. The van der Waals surface area contributed by atoms with Crippen molar-refractivity contribution in [1.29, 1.82) is 0 Å². The van der Waals surface area contributed by atoms with Crippen molar-refractivity contribution in [3.8, 4) is 11.5 Å². The van der Waals surface area contributed by atoms with Gasteiger partial charge in [-0.2, -0.15) is 0 Å². The molecule has 0 aliphatic heterocycles. The van der Waals surface area contributed by atoms with E-state index >= 15 is 0 Å². The maximum absolute atomic E-state index is 9.62. The number of hydrogen-bond donors (Lipinski definition) is 2. The monoisotopic (exact) mass is 270 g/mol. The molecule has 0 radical (unpaired) electrons. The van der Waals surface area contributed by atoms with Gasteiger partial charge in [0.05, 0.1) is 19.8 Å². The summed E-state index contributed by atoms with van der Waals surface area (Å²) in [6.45, 7) is 4.48. The Morgan fingerprint density at radius 3 is 2.47 bits per heavy atom. The second kappa shape index (κ2) is 7.99. The highest BCUT2D eigenvalue weighted by molar-refractivity contribution is 5.43. The molecule has 1 rings (SSSR count). The molecule has 0 aliphatic carbocycles. The lowest BCUT2D eigenvalue weighted by Crippen LogP contribution is -2.23. The molecule has 5 heteroatoms. The summed E-state index contributed by atoms with van der Waals surface area (Å²) < 4.78 is 15.8. The van der Waals surface area contributed by atoms with Gasteiger partial charge in [0.1, 0.15) is 12.7 Å². The molecule has 2 unspecified atom stereocenters. The molecular formula is C14H22O5. The Morgan fingerprint density at radius 1 is 1.16 bits per heavy atom. The normalized spacial score (nSPS) is 13.9. The Kier molecular flexibility index (Phi) is 6.62. The van der Waals surface area contributed by atoms with Crippen LogP contribution in [0.25, 0.3) is 0 Å². The number of methoxy groups -OCH3 is 1. The highest BCUT2D eigenvalue weighted by Crippen LogP contribution is 2.30. The van der Waals surface area contributed by atoms with E-state index in [0.29, 0.717) is 18.1 Å². The second-order valence-corrected chi connectivity index (χ2v) is 4.21. The molecule has 0 amide bonds. The van der Waals surface area contributed by atoms with Crippen LogP contribution in [0.3, 0.4) is 0 Å². The molecule has 0 heterocycles. The molecule has 0 saturated carbocycles. The van der Waals surface area contributed by atoms with Gasteiger partial charge in [-0.1, -0.05) is 6.07 Å². The Morgan fingerprint density at radius 2 is 1.89 bits per heavy atom. The van der Waals surface area contributed by atoms with Crippen molar-refractivity contribution >= 4 is 0 Å². The fourth-order valence-electron chi connectivity index (χ4n) is 1.55. The topological polar surface area (TPSA) is 68.2 Å². The van der Waals surface area contributed by atoms with Gasteiger partial charge in [-0.3, -0.25) is 0 Å². The summed E-state index contributed by atoms with van der Waals surface area (Å²) in [5.74, 6) is 1.06. The first-order valence-electron chi connectivity index (χ1n) is 6.33. The van der Waals surface area contributed by atoms with Crippen LogP contribution in [-0.2, 0) is 4.74 Å². The van der Waals surface area contributed by atoms with E-state index < -0.39 is 12.2 Å². The largest absolute Gasteiger partial charge is 0.493 e. The number of ether oxygens (including phenoxy) is 3. The molecule has 0 spiro atoms. The third-order valence-corrected chi connectivity index (χ3v) is 2.62. The molecule has 0 aromatic heterocycles. The molecule has 0 saturated heterocycles. The van der Waals surface area contributed by atoms with E-state index in [1.54, 1.807) is 25.1 Å². The average Bonchev–Trinajstić information content (AvgIpc) is 2.42. The van der Waals surface area contributed by atoms with Crippen molar-refractivity contribution < 1.29 is 24.4 Å². The fourth-order valence-corrected chi connectivity index (χ4v) is 1.55. The quantitative estimate of drug-likeness (QED) is 0.749. The highest BCUT2D eigenvalue weighted by Gasteiger charge is 2.11. The van der Waals surface area contributed by atoms with E-state index in [-0.39, 0.29) is 13.2 Å². The minimum absolute atomic E-state index is 0.129. The van der Waals surface area contributed by atoms with Gasteiger partial charge in [-0.05, 0) is 31.5 Å². The van der Waals surface area contributed by atoms with Crippen LogP contribution in [0.15, 0.2) is 18.2 Å². The van der Waals surface area contributed by atoms with Crippen LogP contribution < -0.4 is 9.47 Å². The maximum atomic E-state index is 9.62. The zero-order valence-electron chi connectivity index (χ0n) is 11.6. The predicted octanol–water partition coefficient (Wildman–Crippen LogP) is 1.52. The number of rotatable bonds is 8. The molecule has 2 atom stereocenters. The van der Waals surface area contributed by atoms with Crippen LogP contribution in [0.2, 0.25) is 0 Å². The van der Waals surface area contributed by atoms with Crippen molar-refractivity contribution in [1.82, 2.24) is 0 Å². The van der Waals surface area contributed by atoms with Gasteiger partial charge in [-0.25, -0.2) is 0 Å². The van der Waals surface area contributed by atoms with E-state index in [1.165, 1.54) is 7.11 Å². The molecule has 5 nitrogen and oxygen atoms in total. The van der Waals surface area contributed by atoms with Gasteiger partial charge < -0.3 is 24.4 Å². The van der Waals surface area contributed by atoms with Crippen LogP contribution >= 0.6 is 0 Å². The van der Waals surface area contributed by atoms with Crippen molar-refractivity contribution in [2.75, 3.05) is 26.9 Å². The smallest absolute Gasteiger partial charge is 0.161 e. The minimum atomic E-state index is -0.680. The van der Waals surface area contributed by atoms with E-state index in [0.717, 1.165) is 5.56 Å². The third-order valence-electron chi connectivity index (χ3n) is 2.62. The van der Waals surface area contributed by atoms with Crippen molar-refractivity contribution in [2.24, 2.45) is 0 Å². The summed E-state index contributed by atoms with van der Waals surface area (Å²) in [5.41, 5.74) is 0.749. The standard InChI is InChI=1S/C14H22O5/c1-4-18-8-12(16)9-19-13-6-5-11(10(2)15)7-14(13)17-3/h5-7,10,12,15-16H,4,8-9H2,1-3H3. The third kappa shape index (κ3) is 5.06. The maximum Gasteiger partial charge on any atom is 0.161 e. The SMILES string of the molecule is CCOCC(O)COc1ccc(C(C)O)cc1OC. The summed E-state index contributed by atoms with van der Waals surface area (Å²) in [6.07, 6.45) is -1.24. The predicted molar refractivity (Wildman–Crippen MR) is 71.6 cm³/mol. The van der Waals surface area contributed by atoms with Gasteiger partial charge in [0.15, 0.2) is 11.5 Å². The van der Waals surface area contributed by atoms with Crippen LogP contribution in [-0.4, -0.2) is 43.2 Å². The number of aliphatic hydroxyl groups excluding tert-OH is 2. The molecule has 19 heavy (non-hydrogen) atoms. The van der Waals surface area contributed by atoms with Crippen LogP contribution in [0.1, 0.15) is 25.5 Å². The lowest BCUT2D eigenvalue weighted by molar-refractivity contribution is 0.0159. The second-order valence-electron chi connectivity index (χ2n) is 4.21. The molecule has 108 valence electrons. The van der Waals surface area contributed by atoms with Crippen molar-refractivity contribution in [3.05, 3.63) is 23.8 Å². The van der Waals surface area contributed by atoms with Crippen molar-refractivity contribution in [2.45, 2.75) is 26.1 Å². The van der Waals surface area contributed by atoms with E-state index in [2.05, 4.69) is 0 Å². The van der Waals surface area contributed by atoms with E-state index in [4.69, 9.17) is 14.2 Å². The van der Waals surface area contributed by atoms with E-state index in [1.807, 2.05) is 6.92 Å². The zero-order chi connectivity index (χ0) is 14.3. The minimum Gasteiger partial charge on any atom is -0.493 e. The van der Waals surface area contributed by atoms with Crippen molar-refractivity contribution in [3.63, 3.8) is 0 Å². The Labute approximate surface area is 113 Å². The Hall–Kier alpha value is -1.30. The first-order chi connectivity index (χ1) is 9.08. The molecule has 0 bridgehead atoms.